The summed E-state index contributed by atoms with van der Waals surface area (Å²) in [5, 5.41) is 2.77. The molecule has 0 spiro atoms. The number of rotatable bonds is 6. The number of aromatic nitrogens is 1. The smallest absolute Gasteiger partial charge is 0.340 e. The van der Waals surface area contributed by atoms with Crippen molar-refractivity contribution in [3.63, 3.8) is 0 Å². The quantitative estimate of drug-likeness (QED) is 0.458. The lowest BCUT2D eigenvalue weighted by atomic mass is 10.1. The molecule has 0 aliphatic heterocycles. The summed E-state index contributed by atoms with van der Waals surface area (Å²) >= 11 is 1.63. The molecule has 1 fully saturated rings. The van der Waals surface area contributed by atoms with Crippen molar-refractivity contribution < 1.29 is 19.1 Å². The fourth-order valence-corrected chi connectivity index (χ4v) is 4.22. The molecule has 0 unspecified atom stereocenters. The average Bonchev–Trinajstić information content (AvgIpc) is 3.26. The van der Waals surface area contributed by atoms with E-state index in [0.29, 0.717) is 30.2 Å². The minimum Gasteiger partial charge on any atom is -0.465 e. The Labute approximate surface area is 161 Å². The van der Waals surface area contributed by atoms with Crippen LogP contribution in [0.2, 0.25) is 0 Å². The molecule has 6 heteroatoms. The van der Waals surface area contributed by atoms with Gasteiger partial charge in [0.15, 0.2) is 0 Å². The van der Waals surface area contributed by atoms with Gasteiger partial charge < -0.3 is 14.0 Å². The zero-order chi connectivity index (χ0) is 19.0. The van der Waals surface area contributed by atoms with Crippen LogP contribution in [0.3, 0.4) is 0 Å². The molecule has 3 aromatic rings. The number of carbonyl (C=O) groups excluding carboxylic acids is 2. The third-order valence-corrected chi connectivity index (χ3v) is 5.85. The molecule has 1 saturated carbocycles. The summed E-state index contributed by atoms with van der Waals surface area (Å²) in [5.74, 6) is -0.185. The number of ether oxygens (including phenoxy) is 2. The lowest BCUT2D eigenvalue weighted by molar-refractivity contribution is -0.134. The van der Waals surface area contributed by atoms with Crippen LogP contribution in [0.15, 0.2) is 35.7 Å². The van der Waals surface area contributed by atoms with Crippen molar-refractivity contribution in [1.82, 2.24) is 4.57 Å². The Morgan fingerprint density at radius 2 is 2.07 bits per heavy atom. The number of fused-ring (bicyclic) bond motifs is 1. The van der Waals surface area contributed by atoms with E-state index in [-0.39, 0.29) is 11.9 Å². The van der Waals surface area contributed by atoms with Crippen LogP contribution in [-0.4, -0.2) is 23.6 Å². The molecular formula is C21H21NO4S. The Kier molecular flexibility index (Phi) is 4.74. The van der Waals surface area contributed by atoms with Crippen molar-refractivity contribution in [2.24, 2.45) is 0 Å². The standard InChI is InChI=1S/C21H21NO4S/c1-13-20(21(24)25-2)17-12-15(7-9-18(17)22(13)14-5-6-14)26-19(23)10-8-16-4-3-11-27-16/h3-4,7,9,11-12,14H,5-6,8,10H2,1-2H3. The third kappa shape index (κ3) is 3.49. The summed E-state index contributed by atoms with van der Waals surface area (Å²) < 4.78 is 12.7. The van der Waals surface area contributed by atoms with Crippen LogP contribution >= 0.6 is 11.3 Å². The number of benzene rings is 1. The summed E-state index contributed by atoms with van der Waals surface area (Å²) in [6.07, 6.45) is 3.23. The monoisotopic (exact) mass is 383 g/mol. The Balaban J connectivity index is 1.61. The second kappa shape index (κ2) is 7.19. The molecule has 1 aliphatic carbocycles. The topological polar surface area (TPSA) is 57.5 Å². The van der Waals surface area contributed by atoms with Gasteiger partial charge in [0.05, 0.1) is 19.1 Å². The van der Waals surface area contributed by atoms with Crippen molar-refractivity contribution in [1.29, 1.82) is 0 Å². The predicted molar refractivity (Wildman–Crippen MR) is 105 cm³/mol. The Morgan fingerprint density at radius 3 is 2.74 bits per heavy atom. The highest BCUT2D eigenvalue weighted by Gasteiger charge is 2.30. The lowest BCUT2D eigenvalue weighted by Crippen LogP contribution is -2.08. The molecule has 4 rings (SSSR count). The summed E-state index contributed by atoms with van der Waals surface area (Å²) in [7, 11) is 1.39. The fraction of sp³-hybridized carbons (Fsp3) is 0.333. The van der Waals surface area contributed by atoms with Crippen molar-refractivity contribution in [3.8, 4) is 5.75 Å². The van der Waals surface area contributed by atoms with Crippen LogP contribution in [0.1, 0.15) is 46.2 Å². The molecule has 0 bridgehead atoms. The highest BCUT2D eigenvalue weighted by Crippen LogP contribution is 2.42. The molecule has 0 saturated heterocycles. The first-order valence-electron chi connectivity index (χ1n) is 9.04. The molecule has 2 heterocycles. The second-order valence-corrected chi connectivity index (χ2v) is 7.82. The van der Waals surface area contributed by atoms with Crippen LogP contribution in [0.5, 0.6) is 5.75 Å². The highest BCUT2D eigenvalue weighted by molar-refractivity contribution is 7.09. The van der Waals surface area contributed by atoms with E-state index in [9.17, 15) is 9.59 Å². The number of hydrogen-bond donors (Lipinski definition) is 0. The predicted octanol–water partition coefficient (Wildman–Crippen LogP) is 4.67. The van der Waals surface area contributed by atoms with Gasteiger partial charge in [-0.25, -0.2) is 4.79 Å². The minimum absolute atomic E-state index is 0.277. The van der Waals surface area contributed by atoms with Gasteiger partial charge in [0.2, 0.25) is 0 Å². The molecule has 1 aromatic carbocycles. The van der Waals surface area contributed by atoms with E-state index in [1.54, 1.807) is 23.5 Å². The van der Waals surface area contributed by atoms with Crippen LogP contribution in [0.4, 0.5) is 0 Å². The number of hydrogen-bond acceptors (Lipinski definition) is 5. The van der Waals surface area contributed by atoms with E-state index in [1.165, 1.54) is 7.11 Å². The number of nitrogens with zero attached hydrogens (tertiary/aromatic N) is 1. The van der Waals surface area contributed by atoms with E-state index in [0.717, 1.165) is 34.3 Å². The zero-order valence-corrected chi connectivity index (χ0v) is 16.2. The molecule has 0 N–H and O–H groups in total. The first-order chi connectivity index (χ1) is 13.1. The molecule has 140 valence electrons. The van der Waals surface area contributed by atoms with Gasteiger partial charge in [-0.05, 0) is 55.8 Å². The van der Waals surface area contributed by atoms with Gasteiger partial charge in [-0.3, -0.25) is 4.79 Å². The summed E-state index contributed by atoms with van der Waals surface area (Å²) in [5.41, 5.74) is 2.44. The van der Waals surface area contributed by atoms with Gasteiger partial charge in [0.25, 0.3) is 0 Å². The molecule has 5 nitrogen and oxygen atoms in total. The summed E-state index contributed by atoms with van der Waals surface area (Å²) in [4.78, 5) is 25.7. The largest absolute Gasteiger partial charge is 0.465 e. The van der Waals surface area contributed by atoms with Gasteiger partial charge in [-0.15, -0.1) is 11.3 Å². The number of aryl methyl sites for hydroxylation is 1. The van der Waals surface area contributed by atoms with Crippen molar-refractivity contribution in [3.05, 3.63) is 51.8 Å². The van der Waals surface area contributed by atoms with Gasteiger partial charge in [0.1, 0.15) is 5.75 Å². The van der Waals surface area contributed by atoms with E-state index in [4.69, 9.17) is 9.47 Å². The van der Waals surface area contributed by atoms with Crippen molar-refractivity contribution in [2.75, 3.05) is 7.11 Å². The zero-order valence-electron chi connectivity index (χ0n) is 15.4. The number of thiophene rings is 1. The molecule has 0 radical (unpaired) electrons. The van der Waals surface area contributed by atoms with Crippen LogP contribution in [0, 0.1) is 6.92 Å². The maximum atomic E-state index is 12.3. The minimum atomic E-state index is -0.363. The molecular weight excluding hydrogens is 362 g/mol. The molecule has 27 heavy (non-hydrogen) atoms. The average molecular weight is 383 g/mol. The molecule has 0 atom stereocenters. The first kappa shape index (κ1) is 17.8. The molecule has 1 aliphatic rings. The molecule has 2 aromatic heterocycles. The number of carbonyl (C=O) groups is 2. The Hall–Kier alpha value is -2.60. The maximum Gasteiger partial charge on any atom is 0.340 e. The van der Waals surface area contributed by atoms with Crippen LogP contribution < -0.4 is 4.74 Å². The Bertz CT molecular complexity index is 999. The SMILES string of the molecule is COC(=O)c1c(C)n(C2CC2)c2ccc(OC(=O)CCc3cccs3)cc12. The Morgan fingerprint density at radius 1 is 1.26 bits per heavy atom. The molecule has 0 amide bonds. The van der Waals surface area contributed by atoms with Gasteiger partial charge in [0, 0.05) is 27.5 Å². The number of esters is 2. The van der Waals surface area contributed by atoms with E-state index < -0.39 is 0 Å². The van der Waals surface area contributed by atoms with E-state index in [1.807, 2.05) is 30.5 Å². The van der Waals surface area contributed by atoms with E-state index in [2.05, 4.69) is 4.57 Å². The summed E-state index contributed by atoms with van der Waals surface area (Å²) in [6, 6.07) is 9.91. The normalized spacial score (nSPS) is 13.7. The van der Waals surface area contributed by atoms with Crippen molar-refractivity contribution >= 4 is 34.2 Å². The number of methoxy groups -OCH3 is 1. The van der Waals surface area contributed by atoms with Crippen LogP contribution in [0.25, 0.3) is 10.9 Å². The van der Waals surface area contributed by atoms with Crippen molar-refractivity contribution in [2.45, 2.75) is 38.6 Å². The summed E-state index contributed by atoms with van der Waals surface area (Å²) in [6.45, 7) is 1.94. The van der Waals surface area contributed by atoms with Gasteiger partial charge in [-0.1, -0.05) is 6.07 Å². The second-order valence-electron chi connectivity index (χ2n) is 6.79. The van der Waals surface area contributed by atoms with Gasteiger partial charge >= 0.3 is 11.9 Å². The fourth-order valence-electron chi connectivity index (χ4n) is 3.51. The first-order valence-corrected chi connectivity index (χ1v) is 9.92. The van der Waals surface area contributed by atoms with E-state index >= 15 is 0 Å². The van der Waals surface area contributed by atoms with Crippen LogP contribution in [-0.2, 0) is 16.0 Å². The van der Waals surface area contributed by atoms with Gasteiger partial charge in [-0.2, -0.15) is 0 Å². The maximum absolute atomic E-state index is 12.3. The highest BCUT2D eigenvalue weighted by atomic mass is 32.1. The lowest BCUT2D eigenvalue weighted by Gasteiger charge is -2.07. The third-order valence-electron chi connectivity index (χ3n) is 4.91.